The zero-order valence-corrected chi connectivity index (χ0v) is 14.5. The number of aliphatic carboxylic acids is 2. The van der Waals surface area contributed by atoms with Crippen LogP contribution in [0.2, 0.25) is 0 Å². The minimum absolute atomic E-state index is 0.0306. The zero-order chi connectivity index (χ0) is 18.4. The molecule has 3 rings (SSSR count). The summed E-state index contributed by atoms with van der Waals surface area (Å²) in [6.45, 7) is 3.22. The number of carboxylic acid groups (broad SMARTS) is 2. The summed E-state index contributed by atoms with van der Waals surface area (Å²) in [6.07, 6.45) is 1.47. The Hall–Kier alpha value is -2.59. The topological polar surface area (TPSA) is 74.6 Å². The first-order valence-corrected chi connectivity index (χ1v) is 8.22. The third-order valence-corrected chi connectivity index (χ3v) is 5.44. The number of benzene rings is 2. The van der Waals surface area contributed by atoms with Crippen molar-refractivity contribution in [1.29, 1.82) is 0 Å². The molecule has 2 aromatic carbocycles. The highest BCUT2D eigenvalue weighted by Crippen LogP contribution is 2.46. The van der Waals surface area contributed by atoms with E-state index >= 15 is 0 Å². The fourth-order valence-electron chi connectivity index (χ4n) is 3.61. The van der Waals surface area contributed by atoms with Crippen LogP contribution in [0.5, 0.6) is 0 Å². The second kappa shape index (κ2) is 6.05. The lowest BCUT2D eigenvalue weighted by Crippen LogP contribution is -2.44. The number of hydrogen-bond acceptors (Lipinski definition) is 2. The van der Waals surface area contributed by atoms with Crippen LogP contribution < -0.4 is 0 Å². The van der Waals surface area contributed by atoms with Crippen LogP contribution in [0, 0.1) is 5.92 Å². The molecule has 1 aliphatic rings. The van der Waals surface area contributed by atoms with Gasteiger partial charge in [-0.15, -0.1) is 0 Å². The molecule has 0 fully saturated rings. The van der Waals surface area contributed by atoms with Crippen LogP contribution in [0.3, 0.4) is 0 Å². The molecule has 128 valence electrons. The first-order valence-electron chi connectivity index (χ1n) is 7.84. The lowest BCUT2D eigenvalue weighted by atomic mass is 9.64. The second-order valence-electron chi connectivity index (χ2n) is 6.29. The Morgan fingerprint density at radius 2 is 1.72 bits per heavy atom. The highest BCUT2D eigenvalue weighted by Gasteiger charge is 2.49. The second-order valence-corrected chi connectivity index (χ2v) is 6.70. The van der Waals surface area contributed by atoms with Crippen molar-refractivity contribution in [3.63, 3.8) is 0 Å². The molecule has 2 N–H and O–H groups in total. The van der Waals surface area contributed by atoms with E-state index in [1.54, 1.807) is 26.0 Å². The smallest absolute Gasteiger partial charge is 0.332 e. The number of hydrogen-bond donors (Lipinski definition) is 2. The van der Waals surface area contributed by atoms with Gasteiger partial charge in [-0.05, 0) is 41.0 Å². The summed E-state index contributed by atoms with van der Waals surface area (Å²) in [7, 11) is 0. The molecule has 5 heteroatoms. The van der Waals surface area contributed by atoms with Gasteiger partial charge in [0.25, 0.3) is 0 Å². The van der Waals surface area contributed by atoms with Gasteiger partial charge in [0.05, 0.1) is 0 Å². The number of allylic oxidation sites excluding steroid dienone is 2. The van der Waals surface area contributed by atoms with Crippen LogP contribution in [-0.4, -0.2) is 22.2 Å². The fourth-order valence-corrected chi connectivity index (χ4v) is 3.88. The van der Waals surface area contributed by atoms with E-state index in [0.717, 1.165) is 10.8 Å². The summed E-state index contributed by atoms with van der Waals surface area (Å²) in [5, 5.41) is 21.7. The molecule has 0 aromatic heterocycles. The summed E-state index contributed by atoms with van der Waals surface area (Å²) in [5.74, 6) is -3.05. The van der Waals surface area contributed by atoms with Crippen molar-refractivity contribution in [2.24, 2.45) is 5.92 Å². The molecule has 2 unspecified atom stereocenters. The molecule has 0 aliphatic heterocycles. The van der Waals surface area contributed by atoms with Gasteiger partial charge in [0.2, 0.25) is 0 Å². The molecule has 0 amide bonds. The fraction of sp³-hybridized carbons (Fsp3) is 0.200. The van der Waals surface area contributed by atoms with E-state index < -0.39 is 23.3 Å². The standard InChI is InChI=1S/C20H17ClO4/c1-11-16(21)10-20(19(24)25,12(2)17(11)18(22)23)15-8-7-13-5-3-4-6-14(13)9-15/h3-10,12H,1-2H3,(H,22,23)(H,24,25). The molecule has 0 bridgehead atoms. The van der Waals surface area contributed by atoms with Crippen molar-refractivity contribution < 1.29 is 19.8 Å². The zero-order valence-electron chi connectivity index (χ0n) is 13.8. The van der Waals surface area contributed by atoms with Crippen LogP contribution in [0.15, 0.2) is 64.7 Å². The van der Waals surface area contributed by atoms with E-state index in [4.69, 9.17) is 11.6 Å². The summed E-state index contributed by atoms with van der Waals surface area (Å²) < 4.78 is 0. The van der Waals surface area contributed by atoms with E-state index in [2.05, 4.69) is 0 Å². The van der Waals surface area contributed by atoms with Crippen molar-refractivity contribution in [3.05, 3.63) is 70.3 Å². The van der Waals surface area contributed by atoms with Gasteiger partial charge in [-0.3, -0.25) is 4.79 Å². The highest BCUT2D eigenvalue weighted by atomic mass is 35.5. The molecule has 1 aliphatic carbocycles. The molecule has 0 radical (unpaired) electrons. The van der Waals surface area contributed by atoms with Gasteiger partial charge in [-0.1, -0.05) is 54.9 Å². The van der Waals surface area contributed by atoms with Crippen LogP contribution in [0.4, 0.5) is 0 Å². The quantitative estimate of drug-likeness (QED) is 0.858. The van der Waals surface area contributed by atoms with Gasteiger partial charge in [0.1, 0.15) is 5.41 Å². The lowest BCUT2D eigenvalue weighted by molar-refractivity contribution is -0.143. The van der Waals surface area contributed by atoms with Crippen molar-refractivity contribution in [3.8, 4) is 0 Å². The first kappa shape index (κ1) is 17.2. The monoisotopic (exact) mass is 356 g/mol. The number of halogens is 1. The average molecular weight is 357 g/mol. The maximum Gasteiger partial charge on any atom is 0.332 e. The van der Waals surface area contributed by atoms with E-state index in [9.17, 15) is 19.8 Å². The molecule has 2 aromatic rings. The maximum absolute atomic E-state index is 12.3. The Balaban J connectivity index is 2.30. The molecule has 2 atom stereocenters. The Bertz CT molecular complexity index is 957. The molecular formula is C20H17ClO4. The average Bonchev–Trinajstić information content (AvgIpc) is 2.57. The Morgan fingerprint density at radius 1 is 1.08 bits per heavy atom. The van der Waals surface area contributed by atoms with E-state index in [0.29, 0.717) is 11.1 Å². The molecule has 0 saturated carbocycles. The van der Waals surface area contributed by atoms with E-state index in [1.807, 2.05) is 30.3 Å². The molecule has 4 nitrogen and oxygen atoms in total. The number of rotatable bonds is 3. The third-order valence-electron chi connectivity index (χ3n) is 5.04. The summed E-state index contributed by atoms with van der Waals surface area (Å²) in [4.78, 5) is 24.1. The van der Waals surface area contributed by atoms with Crippen molar-refractivity contribution in [2.75, 3.05) is 0 Å². The highest BCUT2D eigenvalue weighted by molar-refractivity contribution is 6.33. The van der Waals surface area contributed by atoms with Crippen molar-refractivity contribution >= 4 is 34.3 Å². The van der Waals surface area contributed by atoms with Gasteiger partial charge in [0, 0.05) is 16.5 Å². The van der Waals surface area contributed by atoms with Crippen LogP contribution in [0.1, 0.15) is 19.4 Å². The lowest BCUT2D eigenvalue weighted by Gasteiger charge is -2.37. The predicted octanol–water partition coefficient (Wildman–Crippen LogP) is 4.34. The minimum Gasteiger partial charge on any atom is -0.480 e. The van der Waals surface area contributed by atoms with Crippen molar-refractivity contribution in [2.45, 2.75) is 19.3 Å². The van der Waals surface area contributed by atoms with Crippen LogP contribution in [-0.2, 0) is 15.0 Å². The normalized spacial score (nSPS) is 23.5. The summed E-state index contributed by atoms with van der Waals surface area (Å²) in [6, 6.07) is 13.0. The molecule has 25 heavy (non-hydrogen) atoms. The first-order chi connectivity index (χ1) is 11.8. The Kier molecular flexibility index (Phi) is 4.17. The van der Waals surface area contributed by atoms with Crippen LogP contribution >= 0.6 is 11.6 Å². The van der Waals surface area contributed by atoms with Gasteiger partial charge in [-0.25, -0.2) is 4.79 Å². The van der Waals surface area contributed by atoms with Gasteiger partial charge >= 0.3 is 11.9 Å². The minimum atomic E-state index is -1.53. The Morgan fingerprint density at radius 3 is 2.32 bits per heavy atom. The molecule has 0 heterocycles. The maximum atomic E-state index is 12.3. The van der Waals surface area contributed by atoms with Gasteiger partial charge in [0.15, 0.2) is 0 Å². The summed E-state index contributed by atoms with van der Waals surface area (Å²) >= 11 is 6.24. The van der Waals surface area contributed by atoms with E-state index in [1.165, 1.54) is 6.08 Å². The van der Waals surface area contributed by atoms with Crippen molar-refractivity contribution in [1.82, 2.24) is 0 Å². The van der Waals surface area contributed by atoms with E-state index in [-0.39, 0.29) is 10.6 Å². The van der Waals surface area contributed by atoms with Gasteiger partial charge < -0.3 is 10.2 Å². The molecule has 0 saturated heterocycles. The summed E-state index contributed by atoms with van der Waals surface area (Å²) in [5.41, 5.74) is -0.591. The number of carbonyl (C=O) groups is 2. The Labute approximate surface area is 150 Å². The number of fused-ring (bicyclic) bond motifs is 1. The number of carboxylic acids is 2. The SMILES string of the molecule is CC1=C(C(=O)O)C(C)C(C(=O)O)(c2ccc3ccccc3c2)C=C1Cl. The largest absolute Gasteiger partial charge is 0.480 e. The molecule has 0 spiro atoms. The third kappa shape index (κ3) is 2.53. The van der Waals surface area contributed by atoms with Gasteiger partial charge in [-0.2, -0.15) is 0 Å². The molecular weight excluding hydrogens is 340 g/mol. The predicted molar refractivity (Wildman–Crippen MR) is 96.7 cm³/mol. The van der Waals surface area contributed by atoms with Crippen LogP contribution in [0.25, 0.3) is 10.8 Å².